The predicted molar refractivity (Wildman–Crippen MR) is 113 cm³/mol. The van der Waals surface area contributed by atoms with Gasteiger partial charge in [0.15, 0.2) is 0 Å². The SMILES string of the molecule is CN1C(=O)Cc2ccc(-c3ccc(CC(C#N)C4CC(C(N)=O)CCO4)cc3)cc21. The highest BCUT2D eigenvalue weighted by molar-refractivity contribution is 6.01. The molecule has 30 heavy (non-hydrogen) atoms. The van der Waals surface area contributed by atoms with Gasteiger partial charge in [-0.1, -0.05) is 36.4 Å². The predicted octanol–water partition coefficient (Wildman–Crippen LogP) is 2.84. The molecule has 2 heterocycles. The van der Waals surface area contributed by atoms with Gasteiger partial charge < -0.3 is 15.4 Å². The Morgan fingerprint density at radius 2 is 2.00 bits per heavy atom. The Kier molecular flexibility index (Phi) is 5.56. The second-order valence-electron chi connectivity index (χ2n) is 8.14. The minimum absolute atomic E-state index is 0.114. The summed E-state index contributed by atoms with van der Waals surface area (Å²) in [7, 11) is 1.80. The van der Waals surface area contributed by atoms with Gasteiger partial charge in [-0.2, -0.15) is 5.26 Å². The zero-order valence-corrected chi connectivity index (χ0v) is 17.0. The molecule has 2 aromatic carbocycles. The molecule has 6 nitrogen and oxygen atoms in total. The lowest BCUT2D eigenvalue weighted by molar-refractivity contribution is -0.127. The summed E-state index contributed by atoms with van der Waals surface area (Å²) in [6.07, 6.45) is 1.88. The van der Waals surface area contributed by atoms with Crippen LogP contribution in [0.2, 0.25) is 0 Å². The maximum atomic E-state index is 11.9. The number of hydrogen-bond donors (Lipinski definition) is 1. The Bertz CT molecular complexity index is 1010. The number of carbonyl (C=O) groups is 2. The number of likely N-dealkylation sites (N-methyl/N-ethyl adjacent to an activating group) is 1. The van der Waals surface area contributed by atoms with Crippen molar-refractivity contribution in [1.82, 2.24) is 0 Å². The summed E-state index contributed by atoms with van der Waals surface area (Å²) in [5, 5.41) is 9.65. The van der Waals surface area contributed by atoms with Gasteiger partial charge in [-0.25, -0.2) is 0 Å². The molecule has 3 unspecified atom stereocenters. The van der Waals surface area contributed by atoms with Gasteiger partial charge in [0, 0.05) is 25.3 Å². The van der Waals surface area contributed by atoms with E-state index in [4.69, 9.17) is 10.5 Å². The number of hydrogen-bond acceptors (Lipinski definition) is 4. The Morgan fingerprint density at radius 3 is 2.70 bits per heavy atom. The van der Waals surface area contributed by atoms with Crippen LogP contribution in [0.25, 0.3) is 11.1 Å². The lowest BCUT2D eigenvalue weighted by Crippen LogP contribution is -2.37. The molecule has 0 spiro atoms. The second-order valence-corrected chi connectivity index (χ2v) is 8.14. The third-order valence-corrected chi connectivity index (χ3v) is 6.24. The van der Waals surface area contributed by atoms with E-state index in [0.717, 1.165) is 27.9 Å². The van der Waals surface area contributed by atoms with Crippen molar-refractivity contribution in [3.8, 4) is 17.2 Å². The highest BCUT2D eigenvalue weighted by Gasteiger charge is 2.32. The number of anilines is 1. The van der Waals surface area contributed by atoms with Crippen molar-refractivity contribution >= 4 is 17.5 Å². The molecule has 2 aliphatic heterocycles. The third-order valence-electron chi connectivity index (χ3n) is 6.24. The summed E-state index contributed by atoms with van der Waals surface area (Å²) in [5.74, 6) is -0.737. The molecule has 0 bridgehead atoms. The zero-order valence-electron chi connectivity index (χ0n) is 17.0. The van der Waals surface area contributed by atoms with Crippen LogP contribution in [0, 0.1) is 23.2 Å². The van der Waals surface area contributed by atoms with Crippen molar-refractivity contribution in [3.05, 3.63) is 53.6 Å². The molecule has 6 heteroatoms. The number of ether oxygens (including phenoxy) is 1. The van der Waals surface area contributed by atoms with Crippen LogP contribution in [0.4, 0.5) is 5.69 Å². The van der Waals surface area contributed by atoms with E-state index in [2.05, 4.69) is 6.07 Å². The third kappa shape index (κ3) is 3.94. The molecular formula is C24H25N3O3. The molecule has 0 aliphatic carbocycles. The van der Waals surface area contributed by atoms with Crippen LogP contribution < -0.4 is 10.6 Å². The van der Waals surface area contributed by atoms with Crippen molar-refractivity contribution in [2.45, 2.75) is 31.8 Å². The first-order valence-corrected chi connectivity index (χ1v) is 10.3. The van der Waals surface area contributed by atoms with Gasteiger partial charge in [0.1, 0.15) is 0 Å². The van der Waals surface area contributed by atoms with Crippen molar-refractivity contribution < 1.29 is 14.3 Å². The van der Waals surface area contributed by atoms with E-state index in [0.29, 0.717) is 32.3 Å². The van der Waals surface area contributed by atoms with Gasteiger partial charge in [0.05, 0.1) is 24.5 Å². The van der Waals surface area contributed by atoms with E-state index >= 15 is 0 Å². The molecule has 2 aromatic rings. The number of nitrogens with zero attached hydrogens (tertiary/aromatic N) is 2. The number of fused-ring (bicyclic) bond motifs is 1. The van der Waals surface area contributed by atoms with Crippen LogP contribution in [0.5, 0.6) is 0 Å². The summed E-state index contributed by atoms with van der Waals surface area (Å²) >= 11 is 0. The second kappa shape index (κ2) is 8.29. The van der Waals surface area contributed by atoms with Crippen LogP contribution in [-0.2, 0) is 27.2 Å². The fourth-order valence-corrected chi connectivity index (χ4v) is 4.34. The van der Waals surface area contributed by atoms with Crippen LogP contribution >= 0.6 is 0 Å². The largest absolute Gasteiger partial charge is 0.377 e. The average molecular weight is 403 g/mol. The number of amides is 2. The monoisotopic (exact) mass is 403 g/mol. The number of nitrogens with two attached hydrogens (primary N) is 1. The molecule has 2 aliphatic rings. The molecule has 1 fully saturated rings. The van der Waals surface area contributed by atoms with E-state index in [9.17, 15) is 14.9 Å². The van der Waals surface area contributed by atoms with Gasteiger partial charge in [-0.05, 0) is 47.6 Å². The fourth-order valence-electron chi connectivity index (χ4n) is 4.34. The average Bonchev–Trinajstić information content (AvgIpc) is 3.05. The molecule has 0 aromatic heterocycles. The van der Waals surface area contributed by atoms with Gasteiger partial charge in [0.25, 0.3) is 0 Å². The summed E-state index contributed by atoms with van der Waals surface area (Å²) in [4.78, 5) is 25.1. The molecule has 4 rings (SSSR count). The first-order chi connectivity index (χ1) is 14.5. The number of carbonyl (C=O) groups excluding carboxylic acids is 2. The minimum atomic E-state index is -0.322. The fraction of sp³-hybridized carbons (Fsp3) is 0.375. The molecular weight excluding hydrogens is 378 g/mol. The highest BCUT2D eigenvalue weighted by Crippen LogP contribution is 2.33. The standard InChI is InChI=1S/C24H25N3O3/c1-27-21-11-17(6-7-18(21)13-23(27)28)16-4-2-15(3-5-16)10-20(14-25)22-12-19(24(26)29)8-9-30-22/h2-7,11,19-20,22H,8-10,12-13H2,1H3,(H2,26,29). The first kappa shape index (κ1) is 20.1. The van der Waals surface area contributed by atoms with Crippen LogP contribution in [0.1, 0.15) is 24.0 Å². The first-order valence-electron chi connectivity index (χ1n) is 10.3. The summed E-state index contributed by atoms with van der Waals surface area (Å²) in [6.45, 7) is 0.463. The van der Waals surface area contributed by atoms with E-state index in [1.807, 2.05) is 42.5 Å². The van der Waals surface area contributed by atoms with Crippen molar-refractivity contribution in [2.75, 3.05) is 18.6 Å². The lowest BCUT2D eigenvalue weighted by atomic mass is 9.85. The van der Waals surface area contributed by atoms with E-state index in [1.165, 1.54) is 0 Å². The van der Waals surface area contributed by atoms with Gasteiger partial charge in [-0.3, -0.25) is 9.59 Å². The number of benzene rings is 2. The smallest absolute Gasteiger partial charge is 0.231 e. The lowest BCUT2D eigenvalue weighted by Gasteiger charge is -2.30. The summed E-state index contributed by atoms with van der Waals surface area (Å²) < 4.78 is 5.78. The quantitative estimate of drug-likeness (QED) is 0.830. The Hall–Kier alpha value is -3.17. The zero-order chi connectivity index (χ0) is 21.3. The Balaban J connectivity index is 1.47. The number of primary amides is 1. The van der Waals surface area contributed by atoms with E-state index < -0.39 is 0 Å². The van der Waals surface area contributed by atoms with Crippen molar-refractivity contribution in [2.24, 2.45) is 17.6 Å². The van der Waals surface area contributed by atoms with Gasteiger partial charge in [0.2, 0.25) is 11.8 Å². The van der Waals surface area contributed by atoms with Gasteiger partial charge in [-0.15, -0.1) is 0 Å². The minimum Gasteiger partial charge on any atom is -0.377 e. The number of nitriles is 1. The van der Waals surface area contributed by atoms with Crippen LogP contribution in [-0.4, -0.2) is 31.6 Å². The molecule has 0 saturated carbocycles. The molecule has 3 atom stereocenters. The highest BCUT2D eigenvalue weighted by atomic mass is 16.5. The summed E-state index contributed by atoms with van der Waals surface area (Å²) in [5.41, 5.74) is 10.6. The summed E-state index contributed by atoms with van der Waals surface area (Å²) in [6, 6.07) is 16.6. The van der Waals surface area contributed by atoms with Crippen LogP contribution in [0.15, 0.2) is 42.5 Å². The van der Waals surface area contributed by atoms with Crippen molar-refractivity contribution in [1.29, 1.82) is 5.26 Å². The topological polar surface area (TPSA) is 96.4 Å². The number of rotatable bonds is 5. The molecule has 2 N–H and O–H groups in total. The van der Waals surface area contributed by atoms with E-state index in [-0.39, 0.29) is 29.8 Å². The molecule has 1 saturated heterocycles. The van der Waals surface area contributed by atoms with Crippen molar-refractivity contribution in [3.63, 3.8) is 0 Å². The van der Waals surface area contributed by atoms with E-state index in [1.54, 1.807) is 11.9 Å². The normalized spacial score (nSPS) is 21.7. The Labute approximate surface area is 176 Å². The Morgan fingerprint density at radius 1 is 1.27 bits per heavy atom. The van der Waals surface area contributed by atoms with Crippen LogP contribution in [0.3, 0.4) is 0 Å². The molecule has 0 radical (unpaired) electrons. The maximum absolute atomic E-state index is 11.9. The molecule has 2 amide bonds. The maximum Gasteiger partial charge on any atom is 0.231 e. The molecule has 154 valence electrons. The van der Waals surface area contributed by atoms with Gasteiger partial charge >= 0.3 is 0 Å².